The highest BCUT2D eigenvalue weighted by molar-refractivity contribution is 9.10. The Morgan fingerprint density at radius 1 is 1.20 bits per heavy atom. The van der Waals surface area contributed by atoms with Crippen LogP contribution in [0.1, 0.15) is 23.0 Å². The van der Waals surface area contributed by atoms with Crippen molar-refractivity contribution in [2.45, 2.75) is 18.9 Å². The number of aliphatic hydroxyl groups excluding tert-OH is 1. The van der Waals surface area contributed by atoms with Crippen molar-refractivity contribution in [1.29, 1.82) is 0 Å². The van der Waals surface area contributed by atoms with Crippen LogP contribution in [0.2, 0.25) is 0 Å². The zero-order chi connectivity index (χ0) is 13.9. The molecule has 3 aromatic rings. The molecule has 1 atom stereocenters. The third-order valence-corrected chi connectivity index (χ3v) is 4.98. The second-order valence-corrected chi connectivity index (χ2v) is 6.56. The Morgan fingerprint density at radius 2 is 2.10 bits per heavy atom. The van der Waals surface area contributed by atoms with Gasteiger partial charge in [-0.2, -0.15) is 0 Å². The van der Waals surface area contributed by atoms with Crippen LogP contribution in [-0.4, -0.2) is 10.1 Å². The van der Waals surface area contributed by atoms with Crippen LogP contribution in [0.4, 0.5) is 0 Å². The minimum absolute atomic E-state index is 0.484. The molecule has 4 heteroatoms. The van der Waals surface area contributed by atoms with Crippen molar-refractivity contribution in [3.63, 3.8) is 0 Å². The maximum Gasteiger partial charge on any atom is 0.0814 e. The first-order valence-corrected chi connectivity index (χ1v) is 8.16. The topological polar surface area (TPSA) is 33.1 Å². The third-order valence-electron chi connectivity index (χ3n) is 3.35. The fourth-order valence-electron chi connectivity index (χ4n) is 2.32. The number of hydrogen-bond acceptors (Lipinski definition) is 3. The number of benzene rings is 1. The number of nitrogens with zero attached hydrogens (tertiary/aromatic N) is 1. The summed E-state index contributed by atoms with van der Waals surface area (Å²) >= 11 is 5.26. The largest absolute Gasteiger partial charge is 0.388 e. The zero-order valence-corrected chi connectivity index (χ0v) is 13.2. The van der Waals surface area contributed by atoms with Crippen molar-refractivity contribution in [2.75, 3.05) is 0 Å². The Hall–Kier alpha value is -1.23. The van der Waals surface area contributed by atoms with Crippen LogP contribution >= 0.6 is 27.3 Å². The molecular formula is C16H14BrNOS. The van der Waals surface area contributed by atoms with E-state index >= 15 is 0 Å². The van der Waals surface area contributed by atoms with Crippen LogP contribution in [0.5, 0.6) is 0 Å². The Balaban J connectivity index is 1.88. The van der Waals surface area contributed by atoms with E-state index in [4.69, 9.17) is 0 Å². The van der Waals surface area contributed by atoms with Crippen LogP contribution < -0.4 is 0 Å². The molecule has 0 radical (unpaired) electrons. The van der Waals surface area contributed by atoms with Gasteiger partial charge in [0.1, 0.15) is 0 Å². The zero-order valence-electron chi connectivity index (χ0n) is 10.8. The van der Waals surface area contributed by atoms with Gasteiger partial charge in [0, 0.05) is 26.5 Å². The Labute approximate surface area is 130 Å². The maximum absolute atomic E-state index is 10.5. The number of pyridine rings is 1. The predicted molar refractivity (Wildman–Crippen MR) is 87.0 cm³/mol. The summed E-state index contributed by atoms with van der Waals surface area (Å²) < 4.78 is 1.01. The highest BCUT2D eigenvalue weighted by Crippen LogP contribution is 2.30. The lowest BCUT2D eigenvalue weighted by Gasteiger charge is -2.13. The van der Waals surface area contributed by atoms with E-state index in [1.807, 2.05) is 30.3 Å². The summed E-state index contributed by atoms with van der Waals surface area (Å²) in [6.45, 7) is 0. The van der Waals surface area contributed by atoms with Gasteiger partial charge in [-0.1, -0.05) is 34.1 Å². The second kappa shape index (κ2) is 6.04. The smallest absolute Gasteiger partial charge is 0.0814 e. The van der Waals surface area contributed by atoms with E-state index in [0.717, 1.165) is 27.4 Å². The molecule has 1 N–H and O–H groups in total. The van der Waals surface area contributed by atoms with Crippen molar-refractivity contribution in [3.8, 4) is 0 Å². The lowest BCUT2D eigenvalue weighted by Crippen LogP contribution is -2.01. The molecule has 3 rings (SSSR count). The standard InChI is InChI=1S/C16H14BrNOS/c17-14-7-6-13(16-12(14)4-1-9-18-16)15(19)8-5-11-3-2-10-20-11/h1-4,6-7,9-10,15,19H,5,8H2. The summed E-state index contributed by atoms with van der Waals surface area (Å²) in [5.41, 5.74) is 1.78. The van der Waals surface area contributed by atoms with Crippen LogP contribution in [0, 0.1) is 0 Å². The molecule has 20 heavy (non-hydrogen) atoms. The molecule has 0 saturated carbocycles. The van der Waals surface area contributed by atoms with Crippen LogP contribution in [0.15, 0.2) is 52.4 Å². The van der Waals surface area contributed by atoms with Gasteiger partial charge < -0.3 is 5.11 Å². The fourth-order valence-corrected chi connectivity index (χ4v) is 3.49. The van der Waals surface area contributed by atoms with Crippen LogP contribution in [0.25, 0.3) is 10.9 Å². The van der Waals surface area contributed by atoms with E-state index < -0.39 is 6.10 Å². The van der Waals surface area contributed by atoms with Crippen LogP contribution in [0.3, 0.4) is 0 Å². The average molecular weight is 348 g/mol. The fraction of sp³-hybridized carbons (Fsp3) is 0.188. The lowest BCUT2D eigenvalue weighted by molar-refractivity contribution is 0.169. The quantitative estimate of drug-likeness (QED) is 0.740. The number of aliphatic hydroxyl groups is 1. The van der Waals surface area contributed by atoms with E-state index in [1.54, 1.807) is 17.5 Å². The molecule has 1 aromatic carbocycles. The van der Waals surface area contributed by atoms with Crippen molar-refractivity contribution in [2.24, 2.45) is 0 Å². The molecule has 0 amide bonds. The predicted octanol–water partition coefficient (Wildman–Crippen LogP) is 4.73. The SMILES string of the molecule is OC(CCc1cccs1)c1ccc(Br)c2cccnc12. The summed E-state index contributed by atoms with van der Waals surface area (Å²) in [4.78, 5) is 5.72. The Bertz CT molecular complexity index is 712. The number of fused-ring (bicyclic) bond motifs is 1. The molecule has 0 fully saturated rings. The number of thiophene rings is 1. The summed E-state index contributed by atoms with van der Waals surface area (Å²) in [5.74, 6) is 0. The van der Waals surface area contributed by atoms with Gasteiger partial charge in [-0.15, -0.1) is 11.3 Å². The number of aromatic nitrogens is 1. The minimum Gasteiger partial charge on any atom is -0.388 e. The first-order valence-electron chi connectivity index (χ1n) is 6.49. The molecular weight excluding hydrogens is 334 g/mol. The van der Waals surface area contributed by atoms with Gasteiger partial charge in [-0.25, -0.2) is 0 Å². The molecule has 1 unspecified atom stereocenters. The summed E-state index contributed by atoms with van der Waals surface area (Å²) in [7, 11) is 0. The monoisotopic (exact) mass is 347 g/mol. The number of halogens is 1. The lowest BCUT2D eigenvalue weighted by atomic mass is 10.0. The molecule has 2 heterocycles. The van der Waals surface area contributed by atoms with Crippen molar-refractivity contribution in [3.05, 3.63) is 62.9 Å². The average Bonchev–Trinajstić information content (AvgIpc) is 2.99. The number of aryl methyl sites for hydroxylation is 1. The van der Waals surface area contributed by atoms with E-state index in [0.29, 0.717) is 6.42 Å². The van der Waals surface area contributed by atoms with Gasteiger partial charge in [-0.3, -0.25) is 4.98 Å². The normalized spacial score (nSPS) is 12.7. The van der Waals surface area contributed by atoms with Gasteiger partial charge in [-0.05, 0) is 36.4 Å². The molecule has 0 spiro atoms. The molecule has 0 aliphatic heterocycles. The van der Waals surface area contributed by atoms with Gasteiger partial charge >= 0.3 is 0 Å². The van der Waals surface area contributed by atoms with Gasteiger partial charge in [0.2, 0.25) is 0 Å². The maximum atomic E-state index is 10.5. The molecule has 102 valence electrons. The highest BCUT2D eigenvalue weighted by atomic mass is 79.9. The van der Waals surface area contributed by atoms with Crippen molar-refractivity contribution < 1.29 is 5.11 Å². The minimum atomic E-state index is -0.484. The van der Waals surface area contributed by atoms with Crippen molar-refractivity contribution >= 4 is 38.2 Å². The highest BCUT2D eigenvalue weighted by Gasteiger charge is 2.13. The van der Waals surface area contributed by atoms with Gasteiger partial charge in [0.15, 0.2) is 0 Å². The first-order chi connectivity index (χ1) is 9.75. The van der Waals surface area contributed by atoms with E-state index in [9.17, 15) is 5.11 Å². The summed E-state index contributed by atoms with van der Waals surface area (Å²) in [6.07, 6.45) is 2.89. The molecule has 0 aliphatic rings. The van der Waals surface area contributed by atoms with Gasteiger partial charge in [0.25, 0.3) is 0 Å². The van der Waals surface area contributed by atoms with E-state index in [1.165, 1.54) is 4.88 Å². The second-order valence-electron chi connectivity index (χ2n) is 4.67. The Morgan fingerprint density at radius 3 is 2.90 bits per heavy atom. The van der Waals surface area contributed by atoms with E-state index in [-0.39, 0.29) is 0 Å². The third kappa shape index (κ3) is 2.77. The summed E-state index contributed by atoms with van der Waals surface area (Å²) in [6, 6.07) is 12.0. The van der Waals surface area contributed by atoms with Crippen LogP contribution in [-0.2, 0) is 6.42 Å². The van der Waals surface area contributed by atoms with Crippen molar-refractivity contribution in [1.82, 2.24) is 4.98 Å². The molecule has 2 nitrogen and oxygen atoms in total. The van der Waals surface area contributed by atoms with Gasteiger partial charge in [0.05, 0.1) is 11.6 Å². The first kappa shape index (κ1) is 13.7. The number of rotatable bonds is 4. The molecule has 0 aliphatic carbocycles. The molecule has 2 aromatic heterocycles. The number of hydrogen-bond donors (Lipinski definition) is 1. The summed E-state index contributed by atoms with van der Waals surface area (Å²) in [5, 5.41) is 13.6. The Kier molecular flexibility index (Phi) is 4.15. The van der Waals surface area contributed by atoms with E-state index in [2.05, 4.69) is 32.4 Å². The molecule has 0 saturated heterocycles. The molecule has 0 bridgehead atoms.